The Balaban J connectivity index is 1.65. The molecule has 0 bridgehead atoms. The quantitative estimate of drug-likeness (QED) is 0.239. The van der Waals surface area contributed by atoms with Gasteiger partial charge in [0.2, 0.25) is 5.90 Å². The molecule has 0 atom stereocenters. The highest BCUT2D eigenvalue weighted by Gasteiger charge is 2.26. The number of ether oxygens (including phenoxy) is 1. The molecule has 0 spiro atoms. The van der Waals surface area contributed by atoms with Gasteiger partial charge in [0.05, 0.1) is 14.7 Å². The average Bonchev–Trinajstić information content (AvgIpc) is 3.34. The van der Waals surface area contributed by atoms with E-state index in [1.165, 1.54) is 36.4 Å². The average molecular weight is 451 g/mol. The first-order valence-electron chi connectivity index (χ1n) is 9.03. The number of nitro benzene ring substituents is 2. The van der Waals surface area contributed by atoms with Crippen LogP contribution in [0.5, 0.6) is 0 Å². The molecule has 0 aliphatic carbocycles. The highest BCUT2D eigenvalue weighted by atomic mass is 32.2. The molecule has 2 aromatic carbocycles. The summed E-state index contributed by atoms with van der Waals surface area (Å²) in [6, 6.07) is 10.0. The van der Waals surface area contributed by atoms with E-state index in [1.807, 2.05) is 0 Å². The fourth-order valence-corrected chi connectivity index (χ4v) is 3.73. The molecule has 0 saturated heterocycles. The van der Waals surface area contributed by atoms with Crippen LogP contribution in [0.4, 0.5) is 11.4 Å². The molecular weight excluding hydrogens is 438 g/mol. The van der Waals surface area contributed by atoms with E-state index < -0.39 is 15.8 Å². The first-order chi connectivity index (χ1) is 15.3. The van der Waals surface area contributed by atoms with E-state index in [-0.39, 0.29) is 28.5 Å². The number of esters is 1. The van der Waals surface area contributed by atoms with Crippen LogP contribution < -0.4 is 0 Å². The summed E-state index contributed by atoms with van der Waals surface area (Å²) in [5.74, 6) is -0.845. The van der Waals surface area contributed by atoms with Crippen LogP contribution >= 0.6 is 11.8 Å². The summed E-state index contributed by atoms with van der Waals surface area (Å²) in [6.07, 6.45) is 4.68. The predicted octanol–water partition coefficient (Wildman–Crippen LogP) is 3.73. The molecule has 3 aromatic rings. The van der Waals surface area contributed by atoms with E-state index in [4.69, 9.17) is 4.74 Å². The van der Waals surface area contributed by atoms with Gasteiger partial charge in [-0.15, -0.1) is 0 Å². The Morgan fingerprint density at radius 1 is 1.12 bits per heavy atom. The van der Waals surface area contributed by atoms with Crippen molar-refractivity contribution in [3.63, 3.8) is 0 Å². The standard InChI is InChI=1S/C20H13N5O6S/c1-23-8-7-21-20(23)32-17-6-5-12(10-16(17)25(29)30)9-15-19(26)31-18(22-15)13-3-2-4-14(11-13)24(27)28/h2-11H,1H3/b15-9+. The molecule has 4 rings (SSSR count). The van der Waals surface area contributed by atoms with Gasteiger partial charge in [-0.2, -0.15) is 0 Å². The van der Waals surface area contributed by atoms with Gasteiger partial charge in [-0.25, -0.2) is 14.8 Å². The van der Waals surface area contributed by atoms with Crippen molar-refractivity contribution in [2.75, 3.05) is 0 Å². The third kappa shape index (κ3) is 4.25. The van der Waals surface area contributed by atoms with Gasteiger partial charge in [-0.3, -0.25) is 20.2 Å². The van der Waals surface area contributed by atoms with Crippen molar-refractivity contribution < 1.29 is 19.4 Å². The largest absolute Gasteiger partial charge is 0.402 e. The Kier molecular flexibility index (Phi) is 5.52. The fraction of sp³-hybridized carbons (Fsp3) is 0.0500. The lowest BCUT2D eigenvalue weighted by atomic mass is 10.1. The smallest absolute Gasteiger partial charge is 0.363 e. The summed E-state index contributed by atoms with van der Waals surface area (Å²) in [4.78, 5) is 42.3. The summed E-state index contributed by atoms with van der Waals surface area (Å²) in [5.41, 5.74) is 0.239. The number of aromatic nitrogens is 2. The molecule has 32 heavy (non-hydrogen) atoms. The minimum absolute atomic E-state index is 0.0784. The number of carbonyl (C=O) groups is 1. The first kappa shape index (κ1) is 20.9. The van der Waals surface area contributed by atoms with E-state index in [1.54, 1.807) is 36.1 Å². The van der Waals surface area contributed by atoms with Gasteiger partial charge in [0, 0.05) is 43.2 Å². The number of aliphatic imine (C=N–C) groups is 1. The molecule has 12 heteroatoms. The van der Waals surface area contributed by atoms with Crippen LogP contribution in [0.2, 0.25) is 0 Å². The zero-order valence-corrected chi connectivity index (χ0v) is 17.2. The number of imidazole rings is 1. The Labute approximate surface area is 184 Å². The molecule has 11 nitrogen and oxygen atoms in total. The van der Waals surface area contributed by atoms with Crippen molar-refractivity contribution in [3.8, 4) is 0 Å². The molecule has 0 unspecified atom stereocenters. The van der Waals surface area contributed by atoms with Crippen molar-refractivity contribution in [2.45, 2.75) is 10.1 Å². The van der Waals surface area contributed by atoms with Gasteiger partial charge >= 0.3 is 5.97 Å². The summed E-state index contributed by atoms with van der Waals surface area (Å²) < 4.78 is 6.86. The number of benzene rings is 2. The monoisotopic (exact) mass is 451 g/mol. The maximum absolute atomic E-state index is 12.2. The molecule has 0 saturated carbocycles. The molecule has 2 heterocycles. The van der Waals surface area contributed by atoms with Crippen molar-refractivity contribution in [3.05, 3.63) is 91.9 Å². The van der Waals surface area contributed by atoms with E-state index in [9.17, 15) is 25.0 Å². The molecule has 0 amide bonds. The van der Waals surface area contributed by atoms with Crippen LogP contribution in [0.25, 0.3) is 6.08 Å². The molecule has 0 N–H and O–H groups in total. The number of carbonyl (C=O) groups excluding carboxylic acids is 1. The minimum atomic E-state index is -0.763. The zero-order valence-electron chi connectivity index (χ0n) is 16.4. The van der Waals surface area contributed by atoms with E-state index in [2.05, 4.69) is 9.98 Å². The van der Waals surface area contributed by atoms with Crippen molar-refractivity contribution in [2.24, 2.45) is 12.0 Å². The number of nitrogens with zero attached hydrogens (tertiary/aromatic N) is 5. The number of rotatable bonds is 6. The number of nitro groups is 2. The second-order valence-corrected chi connectivity index (χ2v) is 7.56. The Hall–Kier alpha value is -4.32. The van der Waals surface area contributed by atoms with Crippen LogP contribution in [0, 0.1) is 20.2 Å². The molecule has 0 radical (unpaired) electrons. The minimum Gasteiger partial charge on any atom is -0.402 e. The van der Waals surface area contributed by atoms with Crippen LogP contribution in [0.3, 0.4) is 0 Å². The number of hydrogen-bond donors (Lipinski definition) is 0. The van der Waals surface area contributed by atoms with Crippen LogP contribution in [-0.4, -0.2) is 31.3 Å². The van der Waals surface area contributed by atoms with Gasteiger partial charge < -0.3 is 9.30 Å². The topological polar surface area (TPSA) is 143 Å². The molecule has 160 valence electrons. The maximum Gasteiger partial charge on any atom is 0.363 e. The number of cyclic esters (lactones) is 1. The van der Waals surface area contributed by atoms with E-state index in [0.717, 1.165) is 11.8 Å². The predicted molar refractivity (Wildman–Crippen MR) is 114 cm³/mol. The van der Waals surface area contributed by atoms with Crippen molar-refractivity contribution in [1.82, 2.24) is 9.55 Å². The molecule has 0 fully saturated rings. The van der Waals surface area contributed by atoms with Gasteiger partial charge in [0.15, 0.2) is 10.9 Å². The number of aryl methyl sites for hydroxylation is 1. The summed E-state index contributed by atoms with van der Waals surface area (Å²) in [6.45, 7) is 0. The Morgan fingerprint density at radius 3 is 2.62 bits per heavy atom. The number of hydrogen-bond acceptors (Lipinski definition) is 9. The van der Waals surface area contributed by atoms with Gasteiger partial charge in [0.1, 0.15) is 0 Å². The van der Waals surface area contributed by atoms with Gasteiger partial charge in [-0.05, 0) is 35.5 Å². The summed E-state index contributed by atoms with van der Waals surface area (Å²) in [7, 11) is 1.78. The summed E-state index contributed by atoms with van der Waals surface area (Å²) >= 11 is 1.14. The van der Waals surface area contributed by atoms with Gasteiger partial charge in [0.25, 0.3) is 11.4 Å². The third-order valence-corrected chi connectivity index (χ3v) is 5.53. The lowest BCUT2D eigenvalue weighted by Gasteiger charge is -2.04. The van der Waals surface area contributed by atoms with Crippen molar-refractivity contribution >= 4 is 41.1 Å². The fourth-order valence-electron chi connectivity index (χ4n) is 2.84. The summed E-state index contributed by atoms with van der Waals surface area (Å²) in [5, 5.41) is 23.1. The van der Waals surface area contributed by atoms with Crippen LogP contribution in [0.1, 0.15) is 11.1 Å². The van der Waals surface area contributed by atoms with Crippen LogP contribution in [-0.2, 0) is 16.6 Å². The molecule has 1 aliphatic rings. The zero-order chi connectivity index (χ0) is 22.8. The Morgan fingerprint density at radius 2 is 1.94 bits per heavy atom. The number of non-ortho nitro benzene ring substituents is 1. The maximum atomic E-state index is 12.2. The Bertz CT molecular complexity index is 1330. The van der Waals surface area contributed by atoms with Crippen molar-refractivity contribution in [1.29, 1.82) is 0 Å². The third-order valence-electron chi connectivity index (χ3n) is 4.39. The lowest BCUT2D eigenvalue weighted by Crippen LogP contribution is -2.05. The highest BCUT2D eigenvalue weighted by Crippen LogP contribution is 2.35. The van der Waals surface area contributed by atoms with E-state index in [0.29, 0.717) is 15.6 Å². The first-order valence-corrected chi connectivity index (χ1v) is 9.84. The molecular formula is C20H13N5O6S. The highest BCUT2D eigenvalue weighted by molar-refractivity contribution is 7.99. The normalized spacial score (nSPS) is 14.3. The molecule has 1 aromatic heterocycles. The van der Waals surface area contributed by atoms with Crippen LogP contribution in [0.15, 0.2) is 75.6 Å². The SMILES string of the molecule is Cn1ccnc1Sc1ccc(/C=C2/N=C(c3cccc([N+](=O)[O-])c3)OC2=O)cc1[N+](=O)[O-]. The second kappa shape index (κ2) is 8.43. The second-order valence-electron chi connectivity index (χ2n) is 6.55. The van der Waals surface area contributed by atoms with Gasteiger partial charge in [-0.1, -0.05) is 12.1 Å². The van der Waals surface area contributed by atoms with E-state index >= 15 is 0 Å². The molecule has 1 aliphatic heterocycles. The lowest BCUT2D eigenvalue weighted by molar-refractivity contribution is -0.387.